The van der Waals surface area contributed by atoms with Crippen molar-refractivity contribution in [1.29, 1.82) is 0 Å². The molecule has 0 saturated carbocycles. The van der Waals surface area contributed by atoms with Crippen molar-refractivity contribution in [2.75, 3.05) is 16.9 Å². The number of rotatable bonds is 3. The molecule has 3 nitrogen and oxygen atoms in total. The monoisotopic (exact) mass is 284 g/mol. The lowest BCUT2D eigenvalue weighted by molar-refractivity contribution is -0.116. The first-order valence-electron chi connectivity index (χ1n) is 6.55. The highest BCUT2D eigenvalue weighted by atomic mass is 32.2. The first kappa shape index (κ1) is 13.1. The third-order valence-corrected chi connectivity index (χ3v) is 4.19. The Morgan fingerprint density at radius 2 is 1.95 bits per heavy atom. The van der Waals surface area contributed by atoms with Crippen molar-refractivity contribution in [2.45, 2.75) is 17.4 Å². The maximum Gasteiger partial charge on any atom is 0.247 e. The molecule has 3 rings (SSSR count). The van der Waals surface area contributed by atoms with E-state index >= 15 is 0 Å². The summed E-state index contributed by atoms with van der Waals surface area (Å²) in [7, 11) is 0. The molecule has 1 heterocycles. The Hall–Kier alpha value is -1.94. The first-order valence-corrected chi connectivity index (χ1v) is 7.78. The Labute approximate surface area is 122 Å². The van der Waals surface area contributed by atoms with Crippen molar-refractivity contribution in [2.24, 2.45) is 0 Å². The predicted octanol–water partition coefficient (Wildman–Crippen LogP) is 3.38. The van der Waals surface area contributed by atoms with E-state index in [4.69, 9.17) is 0 Å². The van der Waals surface area contributed by atoms with Crippen molar-refractivity contribution >= 4 is 29.0 Å². The smallest absolute Gasteiger partial charge is 0.247 e. The van der Waals surface area contributed by atoms with E-state index in [2.05, 4.69) is 16.7 Å². The van der Waals surface area contributed by atoms with Crippen LogP contribution in [-0.4, -0.2) is 18.2 Å². The molecule has 0 unspecified atom stereocenters. The summed E-state index contributed by atoms with van der Waals surface area (Å²) in [6.45, 7) is 0. The molecule has 20 heavy (non-hydrogen) atoms. The van der Waals surface area contributed by atoms with Gasteiger partial charge < -0.3 is 10.6 Å². The van der Waals surface area contributed by atoms with Gasteiger partial charge in [-0.25, -0.2) is 0 Å². The molecule has 2 aromatic rings. The number of benzene rings is 2. The lowest BCUT2D eigenvalue weighted by atomic mass is 10.1. The summed E-state index contributed by atoms with van der Waals surface area (Å²) < 4.78 is 0. The molecule has 0 fully saturated rings. The average molecular weight is 284 g/mol. The molecule has 1 amide bonds. The van der Waals surface area contributed by atoms with Crippen LogP contribution in [0.25, 0.3) is 0 Å². The number of fused-ring (bicyclic) bond motifs is 1. The highest BCUT2D eigenvalue weighted by molar-refractivity contribution is 7.98. The Bertz CT molecular complexity index is 600. The predicted molar refractivity (Wildman–Crippen MR) is 84.4 cm³/mol. The van der Waals surface area contributed by atoms with Crippen LogP contribution < -0.4 is 10.6 Å². The van der Waals surface area contributed by atoms with Crippen molar-refractivity contribution < 1.29 is 4.79 Å². The number of amides is 1. The SMILES string of the molecule is CSc1ccc(NC(=O)[C@@H]2Cc3ccccc3N2)cc1. The highest BCUT2D eigenvalue weighted by Crippen LogP contribution is 2.26. The van der Waals surface area contributed by atoms with Crippen molar-refractivity contribution in [1.82, 2.24) is 0 Å². The van der Waals surface area contributed by atoms with Gasteiger partial charge in [0.25, 0.3) is 0 Å². The number of anilines is 2. The van der Waals surface area contributed by atoms with Crippen LogP contribution in [0, 0.1) is 0 Å². The van der Waals surface area contributed by atoms with Crippen LogP contribution in [-0.2, 0) is 11.2 Å². The van der Waals surface area contributed by atoms with Gasteiger partial charge in [0.2, 0.25) is 5.91 Å². The molecule has 0 saturated heterocycles. The summed E-state index contributed by atoms with van der Waals surface area (Å²) in [5.41, 5.74) is 3.10. The molecule has 0 aromatic heterocycles. The second kappa shape index (κ2) is 5.59. The molecule has 102 valence electrons. The fraction of sp³-hybridized carbons (Fsp3) is 0.188. The van der Waals surface area contributed by atoms with Crippen LogP contribution in [0.3, 0.4) is 0 Å². The van der Waals surface area contributed by atoms with E-state index in [9.17, 15) is 4.79 Å². The van der Waals surface area contributed by atoms with E-state index in [0.29, 0.717) is 0 Å². The molecule has 0 spiro atoms. The molecular weight excluding hydrogens is 268 g/mol. The molecule has 0 bridgehead atoms. The fourth-order valence-corrected chi connectivity index (χ4v) is 2.77. The van der Waals surface area contributed by atoms with Crippen LogP contribution in [0.5, 0.6) is 0 Å². The van der Waals surface area contributed by atoms with Gasteiger partial charge in [0, 0.05) is 22.7 Å². The molecular formula is C16H16N2OS. The Kier molecular flexibility index (Phi) is 3.65. The second-order valence-electron chi connectivity index (χ2n) is 4.78. The number of carbonyl (C=O) groups excluding carboxylic acids is 1. The van der Waals surface area contributed by atoms with Crippen LogP contribution >= 0.6 is 11.8 Å². The first-order chi connectivity index (χ1) is 9.76. The van der Waals surface area contributed by atoms with Crippen molar-refractivity contribution in [3.05, 3.63) is 54.1 Å². The molecule has 1 aliphatic heterocycles. The van der Waals surface area contributed by atoms with E-state index in [1.54, 1.807) is 11.8 Å². The molecule has 0 aliphatic carbocycles. The molecule has 1 aliphatic rings. The van der Waals surface area contributed by atoms with Gasteiger partial charge in [-0.2, -0.15) is 0 Å². The van der Waals surface area contributed by atoms with Crippen LogP contribution in [0.15, 0.2) is 53.4 Å². The number of hydrogen-bond donors (Lipinski definition) is 2. The number of hydrogen-bond acceptors (Lipinski definition) is 3. The number of thioether (sulfide) groups is 1. The van der Waals surface area contributed by atoms with Crippen LogP contribution in [0.2, 0.25) is 0 Å². The van der Waals surface area contributed by atoms with E-state index in [0.717, 1.165) is 17.8 Å². The van der Waals surface area contributed by atoms with Gasteiger partial charge in [0.05, 0.1) is 0 Å². The van der Waals surface area contributed by atoms with Crippen LogP contribution in [0.1, 0.15) is 5.56 Å². The maximum atomic E-state index is 12.3. The summed E-state index contributed by atoms with van der Waals surface area (Å²) in [4.78, 5) is 13.4. The van der Waals surface area contributed by atoms with Crippen molar-refractivity contribution in [3.63, 3.8) is 0 Å². The molecule has 2 aromatic carbocycles. The van der Waals surface area contributed by atoms with Crippen molar-refractivity contribution in [3.8, 4) is 0 Å². The molecule has 4 heteroatoms. The Morgan fingerprint density at radius 3 is 2.65 bits per heavy atom. The third kappa shape index (κ3) is 2.65. The van der Waals surface area contributed by atoms with Crippen LogP contribution in [0.4, 0.5) is 11.4 Å². The molecule has 2 N–H and O–H groups in total. The Morgan fingerprint density at radius 1 is 1.20 bits per heavy atom. The van der Waals surface area contributed by atoms with Gasteiger partial charge in [0.1, 0.15) is 6.04 Å². The van der Waals surface area contributed by atoms with Gasteiger partial charge in [-0.15, -0.1) is 11.8 Å². The minimum Gasteiger partial charge on any atom is -0.373 e. The van der Waals surface area contributed by atoms with E-state index in [-0.39, 0.29) is 11.9 Å². The summed E-state index contributed by atoms with van der Waals surface area (Å²) in [6.07, 6.45) is 2.78. The average Bonchev–Trinajstić information content (AvgIpc) is 2.92. The lowest BCUT2D eigenvalue weighted by Crippen LogP contribution is -2.32. The minimum atomic E-state index is -0.187. The number of carbonyl (C=O) groups is 1. The zero-order valence-corrected chi connectivity index (χ0v) is 12.0. The quantitative estimate of drug-likeness (QED) is 0.849. The molecule has 1 atom stereocenters. The largest absolute Gasteiger partial charge is 0.373 e. The van der Waals surface area contributed by atoms with E-state index in [1.165, 1.54) is 10.5 Å². The summed E-state index contributed by atoms with van der Waals surface area (Å²) >= 11 is 1.69. The molecule has 0 radical (unpaired) electrons. The van der Waals surface area contributed by atoms with E-state index in [1.807, 2.05) is 48.7 Å². The summed E-state index contributed by atoms with van der Waals surface area (Å²) in [6, 6.07) is 15.8. The topological polar surface area (TPSA) is 41.1 Å². The third-order valence-electron chi connectivity index (χ3n) is 3.45. The van der Waals surface area contributed by atoms with Gasteiger partial charge in [-0.05, 0) is 42.2 Å². The number of nitrogens with one attached hydrogen (secondary N) is 2. The van der Waals surface area contributed by atoms with Gasteiger partial charge in [-0.1, -0.05) is 18.2 Å². The zero-order valence-electron chi connectivity index (χ0n) is 11.2. The second-order valence-corrected chi connectivity index (χ2v) is 5.66. The normalized spacial score (nSPS) is 16.4. The van der Waals surface area contributed by atoms with Gasteiger partial charge in [0.15, 0.2) is 0 Å². The van der Waals surface area contributed by atoms with E-state index < -0.39 is 0 Å². The minimum absolute atomic E-state index is 0.0121. The lowest BCUT2D eigenvalue weighted by Gasteiger charge is -2.12. The zero-order chi connectivity index (χ0) is 13.9. The maximum absolute atomic E-state index is 12.3. The van der Waals surface area contributed by atoms with Gasteiger partial charge in [-0.3, -0.25) is 4.79 Å². The Balaban J connectivity index is 1.66. The highest BCUT2D eigenvalue weighted by Gasteiger charge is 2.26. The standard InChI is InChI=1S/C16H16N2OS/c1-20-13-8-6-12(7-9-13)17-16(19)15-10-11-4-2-3-5-14(11)18-15/h2-9,15,18H,10H2,1H3,(H,17,19)/t15-/m0/s1. The van der Waals surface area contributed by atoms with Gasteiger partial charge >= 0.3 is 0 Å². The summed E-state index contributed by atoms with van der Waals surface area (Å²) in [5.74, 6) is 0.0121. The number of para-hydroxylation sites is 1. The fourth-order valence-electron chi connectivity index (χ4n) is 2.36. The summed E-state index contributed by atoms with van der Waals surface area (Å²) in [5, 5.41) is 6.22.